The molecule has 0 atom stereocenters. The van der Waals surface area contributed by atoms with Crippen molar-refractivity contribution in [2.45, 2.75) is 0 Å². The first-order valence-electron chi connectivity index (χ1n) is 10.4. The third-order valence-electron chi connectivity index (χ3n) is 6.06. The van der Waals surface area contributed by atoms with Gasteiger partial charge in [-0.3, -0.25) is 9.13 Å². The number of rotatable bonds is 2. The highest BCUT2D eigenvalue weighted by molar-refractivity contribution is 6.18. The number of nitrogens with zero attached hydrogens (tertiary/aromatic N) is 6. The minimum atomic E-state index is 0.852. The standard InChI is InChI=1S/C26H16N6/c1-3-7-21-17(5-1)19-13-24-20(14-23(19)31(21)25-9-11-27-15-29-25)18-6-2-4-8-22(18)32(24)26-10-12-28-16-30-26/h1-16H. The number of benzene rings is 3. The van der Waals surface area contributed by atoms with Gasteiger partial charge in [0.1, 0.15) is 24.3 Å². The molecule has 32 heavy (non-hydrogen) atoms. The van der Waals surface area contributed by atoms with Crippen molar-refractivity contribution in [3.63, 3.8) is 0 Å². The smallest absolute Gasteiger partial charge is 0.140 e. The van der Waals surface area contributed by atoms with Gasteiger partial charge in [0.2, 0.25) is 0 Å². The van der Waals surface area contributed by atoms with Crippen LogP contribution in [0.5, 0.6) is 0 Å². The molecule has 0 saturated heterocycles. The lowest BCUT2D eigenvalue weighted by Crippen LogP contribution is -1.98. The second-order valence-electron chi connectivity index (χ2n) is 7.73. The molecule has 0 bridgehead atoms. The lowest BCUT2D eigenvalue weighted by atomic mass is 10.1. The molecule has 0 radical (unpaired) electrons. The lowest BCUT2D eigenvalue weighted by Gasteiger charge is -2.07. The van der Waals surface area contributed by atoms with E-state index >= 15 is 0 Å². The molecular formula is C26H16N6. The van der Waals surface area contributed by atoms with Gasteiger partial charge in [-0.2, -0.15) is 0 Å². The van der Waals surface area contributed by atoms with Crippen LogP contribution < -0.4 is 0 Å². The van der Waals surface area contributed by atoms with E-state index in [-0.39, 0.29) is 0 Å². The van der Waals surface area contributed by atoms with Crippen LogP contribution in [0.3, 0.4) is 0 Å². The summed E-state index contributed by atoms with van der Waals surface area (Å²) in [5.74, 6) is 1.70. The maximum Gasteiger partial charge on any atom is 0.140 e. The van der Waals surface area contributed by atoms with Crippen LogP contribution >= 0.6 is 0 Å². The van der Waals surface area contributed by atoms with E-state index < -0.39 is 0 Å². The number of fused-ring (bicyclic) bond motifs is 6. The van der Waals surface area contributed by atoms with Crippen LogP contribution in [0.25, 0.3) is 55.2 Å². The Labute approximate surface area is 182 Å². The van der Waals surface area contributed by atoms with Crippen LogP contribution in [0.4, 0.5) is 0 Å². The molecule has 0 unspecified atom stereocenters. The van der Waals surface area contributed by atoms with Gasteiger partial charge >= 0.3 is 0 Å². The van der Waals surface area contributed by atoms with Gasteiger partial charge in [-0.1, -0.05) is 36.4 Å². The van der Waals surface area contributed by atoms with Gasteiger partial charge in [0, 0.05) is 33.9 Å². The lowest BCUT2D eigenvalue weighted by molar-refractivity contribution is 1.03. The molecule has 0 N–H and O–H groups in total. The normalized spacial score (nSPS) is 11.8. The average molecular weight is 412 g/mol. The Balaban J connectivity index is 1.71. The van der Waals surface area contributed by atoms with Crippen molar-refractivity contribution >= 4 is 43.6 Å². The highest BCUT2D eigenvalue weighted by Gasteiger charge is 2.18. The molecule has 0 aliphatic carbocycles. The van der Waals surface area contributed by atoms with Gasteiger partial charge in [0.15, 0.2) is 0 Å². The minimum absolute atomic E-state index is 0.852. The molecule has 6 heteroatoms. The van der Waals surface area contributed by atoms with E-state index in [1.54, 1.807) is 25.0 Å². The van der Waals surface area contributed by atoms with Crippen molar-refractivity contribution in [3.05, 3.63) is 97.8 Å². The summed E-state index contributed by atoms with van der Waals surface area (Å²) in [4.78, 5) is 17.3. The van der Waals surface area contributed by atoms with E-state index in [1.165, 1.54) is 21.5 Å². The first-order valence-corrected chi connectivity index (χ1v) is 10.4. The van der Waals surface area contributed by atoms with Gasteiger partial charge < -0.3 is 0 Å². The topological polar surface area (TPSA) is 61.4 Å². The molecule has 0 aliphatic heterocycles. The van der Waals surface area contributed by atoms with E-state index in [0.29, 0.717) is 0 Å². The van der Waals surface area contributed by atoms with E-state index in [2.05, 4.69) is 89.7 Å². The van der Waals surface area contributed by atoms with Crippen LogP contribution in [-0.4, -0.2) is 29.1 Å². The Bertz CT molecular complexity index is 1630. The zero-order chi connectivity index (χ0) is 21.1. The fraction of sp³-hybridized carbons (Fsp3) is 0. The highest BCUT2D eigenvalue weighted by Crippen LogP contribution is 2.38. The molecule has 0 saturated carbocycles. The van der Waals surface area contributed by atoms with Crippen LogP contribution in [0, 0.1) is 0 Å². The van der Waals surface area contributed by atoms with Crippen molar-refractivity contribution in [2.75, 3.05) is 0 Å². The number of hydrogen-bond donors (Lipinski definition) is 0. The fourth-order valence-corrected chi connectivity index (χ4v) is 4.76. The summed E-state index contributed by atoms with van der Waals surface area (Å²) in [6.45, 7) is 0. The molecule has 150 valence electrons. The number of aromatic nitrogens is 6. The van der Waals surface area contributed by atoms with Crippen molar-refractivity contribution in [1.29, 1.82) is 0 Å². The van der Waals surface area contributed by atoms with E-state index in [9.17, 15) is 0 Å². The summed E-state index contributed by atoms with van der Waals surface area (Å²) in [7, 11) is 0. The Morgan fingerprint density at radius 3 is 1.38 bits per heavy atom. The maximum atomic E-state index is 4.55. The molecule has 4 heterocycles. The van der Waals surface area contributed by atoms with Crippen LogP contribution in [0.2, 0.25) is 0 Å². The largest absolute Gasteiger partial charge is 0.294 e. The highest BCUT2D eigenvalue weighted by atomic mass is 15.1. The predicted octanol–water partition coefficient (Wildman–Crippen LogP) is 5.46. The Morgan fingerprint density at radius 2 is 0.938 bits per heavy atom. The Morgan fingerprint density at radius 1 is 0.469 bits per heavy atom. The van der Waals surface area contributed by atoms with Gasteiger partial charge in [0.05, 0.1) is 22.1 Å². The molecule has 0 spiro atoms. The summed E-state index contributed by atoms with van der Waals surface area (Å²) in [5, 5.41) is 4.71. The third-order valence-corrected chi connectivity index (χ3v) is 6.06. The second-order valence-corrected chi connectivity index (χ2v) is 7.73. The van der Waals surface area contributed by atoms with E-state index in [4.69, 9.17) is 0 Å². The van der Waals surface area contributed by atoms with Crippen molar-refractivity contribution < 1.29 is 0 Å². The first-order chi connectivity index (χ1) is 15.9. The molecular weight excluding hydrogens is 396 g/mol. The SMILES string of the molecule is c1ccc2c(c1)c1cc3c(cc1n2-c1ccncn1)c1ccccc1n3-c1ccncn1. The van der Waals surface area contributed by atoms with Crippen LogP contribution in [-0.2, 0) is 0 Å². The van der Waals surface area contributed by atoms with Gasteiger partial charge in [-0.25, -0.2) is 19.9 Å². The molecule has 0 aliphatic rings. The summed E-state index contributed by atoms with van der Waals surface area (Å²) in [6.07, 6.45) is 6.75. The zero-order valence-electron chi connectivity index (χ0n) is 16.9. The van der Waals surface area contributed by atoms with Crippen molar-refractivity contribution in [3.8, 4) is 11.6 Å². The Hall–Kier alpha value is -4.58. The molecule has 7 rings (SSSR count). The van der Waals surface area contributed by atoms with E-state index in [1.807, 2.05) is 12.1 Å². The minimum Gasteiger partial charge on any atom is -0.294 e. The molecule has 0 fully saturated rings. The van der Waals surface area contributed by atoms with Gasteiger partial charge in [0.25, 0.3) is 0 Å². The number of hydrogen-bond acceptors (Lipinski definition) is 4. The Kier molecular flexibility index (Phi) is 3.46. The molecule has 3 aromatic carbocycles. The van der Waals surface area contributed by atoms with Gasteiger partial charge in [-0.15, -0.1) is 0 Å². The molecule has 0 amide bonds. The summed E-state index contributed by atoms with van der Waals surface area (Å²) in [5.41, 5.74) is 4.46. The van der Waals surface area contributed by atoms with Gasteiger partial charge in [-0.05, 0) is 36.4 Å². The van der Waals surface area contributed by atoms with Crippen LogP contribution in [0.15, 0.2) is 97.8 Å². The quantitative estimate of drug-likeness (QED) is 0.378. The zero-order valence-corrected chi connectivity index (χ0v) is 16.9. The first kappa shape index (κ1) is 17.1. The summed E-state index contributed by atoms with van der Waals surface area (Å²) >= 11 is 0. The third kappa shape index (κ3) is 2.29. The molecule has 4 aromatic heterocycles. The van der Waals surface area contributed by atoms with Crippen molar-refractivity contribution in [1.82, 2.24) is 29.1 Å². The summed E-state index contributed by atoms with van der Waals surface area (Å²) < 4.78 is 4.42. The maximum absolute atomic E-state index is 4.55. The van der Waals surface area contributed by atoms with Crippen LogP contribution in [0.1, 0.15) is 0 Å². The summed E-state index contributed by atoms with van der Waals surface area (Å²) in [6, 6.07) is 25.3. The average Bonchev–Trinajstić information content (AvgIpc) is 3.36. The second kappa shape index (κ2) is 6.46. The number of para-hydroxylation sites is 2. The predicted molar refractivity (Wildman–Crippen MR) is 126 cm³/mol. The molecule has 7 aromatic rings. The monoisotopic (exact) mass is 412 g/mol. The van der Waals surface area contributed by atoms with Crippen molar-refractivity contribution in [2.24, 2.45) is 0 Å². The fourth-order valence-electron chi connectivity index (χ4n) is 4.76. The van der Waals surface area contributed by atoms with E-state index in [0.717, 1.165) is 33.7 Å². The molecule has 6 nitrogen and oxygen atoms in total.